The third-order valence-corrected chi connectivity index (χ3v) is 5.61. The van der Waals surface area contributed by atoms with E-state index in [0.717, 1.165) is 22.0 Å². The normalized spacial score (nSPS) is 23.6. The summed E-state index contributed by atoms with van der Waals surface area (Å²) in [6, 6.07) is 9.32. The predicted octanol–water partition coefficient (Wildman–Crippen LogP) is 5.43. The van der Waals surface area contributed by atoms with Gasteiger partial charge in [0.05, 0.1) is 25.9 Å². The summed E-state index contributed by atoms with van der Waals surface area (Å²) in [5.41, 5.74) is 2.57. The Morgan fingerprint density at radius 2 is 2.00 bits per heavy atom. The molecule has 1 aliphatic heterocycles. The maximum atomic E-state index is 14.6. The maximum Gasteiger partial charge on any atom is 0.165 e. The lowest BCUT2D eigenvalue weighted by atomic mass is 9.76. The van der Waals surface area contributed by atoms with Gasteiger partial charge in [0.2, 0.25) is 0 Å². The Kier molecular flexibility index (Phi) is 4.20. The van der Waals surface area contributed by atoms with Gasteiger partial charge in [-0.25, -0.2) is 4.39 Å². The van der Waals surface area contributed by atoms with Crippen LogP contribution in [0.1, 0.15) is 29.5 Å². The third kappa shape index (κ3) is 2.61. The van der Waals surface area contributed by atoms with Crippen molar-refractivity contribution in [2.75, 3.05) is 19.5 Å². The second-order valence-electron chi connectivity index (χ2n) is 6.41. The highest BCUT2D eigenvalue weighted by atomic mass is 79.9. The van der Waals surface area contributed by atoms with E-state index < -0.39 is 0 Å². The van der Waals surface area contributed by atoms with E-state index in [1.54, 1.807) is 14.2 Å². The minimum atomic E-state index is -0.241. The SMILES string of the molecule is COc1cccc([C@@H]2Nc3c(F)cc(Br)cc3[C@@H]3C=CC[C@@H]32)c1OC. The van der Waals surface area contributed by atoms with Gasteiger partial charge in [-0.3, -0.25) is 0 Å². The van der Waals surface area contributed by atoms with Crippen molar-refractivity contribution < 1.29 is 13.9 Å². The minimum Gasteiger partial charge on any atom is -0.493 e. The minimum absolute atomic E-state index is 0.0479. The number of rotatable bonds is 3. The van der Waals surface area contributed by atoms with Crippen LogP contribution in [0.4, 0.5) is 10.1 Å². The van der Waals surface area contributed by atoms with Gasteiger partial charge in [0, 0.05) is 16.0 Å². The van der Waals surface area contributed by atoms with Crippen molar-refractivity contribution in [3.63, 3.8) is 0 Å². The number of hydrogen-bond acceptors (Lipinski definition) is 3. The van der Waals surface area contributed by atoms with E-state index in [-0.39, 0.29) is 17.8 Å². The van der Waals surface area contributed by atoms with Gasteiger partial charge in [-0.2, -0.15) is 0 Å². The van der Waals surface area contributed by atoms with Crippen LogP contribution in [0.25, 0.3) is 0 Å². The Morgan fingerprint density at radius 3 is 2.76 bits per heavy atom. The number of nitrogens with one attached hydrogen (secondary N) is 1. The standard InChI is InChI=1S/C20H19BrFNO2/c1-24-17-8-4-7-14(20(17)25-2)18-13-6-3-5-12(13)15-9-11(21)10-16(22)19(15)23-18/h3-5,7-10,12-13,18,23H,6H2,1-2H3/t12-,13+,18-/m1/s1. The smallest absolute Gasteiger partial charge is 0.165 e. The number of halogens is 2. The fraction of sp³-hybridized carbons (Fsp3) is 0.300. The summed E-state index contributed by atoms with van der Waals surface area (Å²) in [5, 5.41) is 3.43. The zero-order valence-electron chi connectivity index (χ0n) is 14.1. The molecule has 5 heteroatoms. The number of benzene rings is 2. The molecule has 0 fully saturated rings. The molecule has 0 aromatic heterocycles. The predicted molar refractivity (Wildman–Crippen MR) is 100.0 cm³/mol. The van der Waals surface area contributed by atoms with E-state index in [9.17, 15) is 4.39 Å². The molecule has 2 aliphatic rings. The molecule has 0 unspecified atom stereocenters. The summed E-state index contributed by atoms with van der Waals surface area (Å²) >= 11 is 3.41. The Bertz CT molecular complexity index is 852. The number of para-hydroxylation sites is 1. The highest BCUT2D eigenvalue weighted by molar-refractivity contribution is 9.10. The van der Waals surface area contributed by atoms with Gasteiger partial charge in [0.15, 0.2) is 11.5 Å². The van der Waals surface area contributed by atoms with Gasteiger partial charge in [-0.1, -0.05) is 40.2 Å². The van der Waals surface area contributed by atoms with Crippen LogP contribution in [0.3, 0.4) is 0 Å². The van der Waals surface area contributed by atoms with Crippen LogP contribution in [0.15, 0.2) is 47.0 Å². The first-order valence-electron chi connectivity index (χ1n) is 8.27. The summed E-state index contributed by atoms with van der Waals surface area (Å²) in [7, 11) is 3.27. The van der Waals surface area contributed by atoms with Gasteiger partial charge < -0.3 is 14.8 Å². The first-order chi connectivity index (χ1) is 12.1. The summed E-state index contributed by atoms with van der Waals surface area (Å²) in [6.45, 7) is 0. The molecule has 0 amide bonds. The summed E-state index contributed by atoms with van der Waals surface area (Å²) < 4.78 is 26.5. The number of anilines is 1. The van der Waals surface area contributed by atoms with Gasteiger partial charge in [0.1, 0.15) is 5.82 Å². The fourth-order valence-corrected chi connectivity index (χ4v) is 4.53. The molecule has 0 bridgehead atoms. The average Bonchev–Trinajstić information content (AvgIpc) is 3.10. The number of hydrogen-bond donors (Lipinski definition) is 1. The Hall–Kier alpha value is -2.01. The van der Waals surface area contributed by atoms with E-state index in [2.05, 4.69) is 33.4 Å². The van der Waals surface area contributed by atoms with Crippen molar-refractivity contribution in [2.45, 2.75) is 18.4 Å². The highest BCUT2D eigenvalue weighted by Gasteiger charge is 2.40. The molecule has 0 spiro atoms. The lowest BCUT2D eigenvalue weighted by Gasteiger charge is -2.38. The first-order valence-corrected chi connectivity index (χ1v) is 9.06. The van der Waals surface area contributed by atoms with Gasteiger partial charge in [0.25, 0.3) is 0 Å². The molecule has 1 heterocycles. The van der Waals surface area contributed by atoms with Crippen molar-refractivity contribution in [3.8, 4) is 11.5 Å². The summed E-state index contributed by atoms with van der Waals surface area (Å²) in [5.74, 6) is 1.64. The molecule has 3 nitrogen and oxygen atoms in total. The molecule has 0 saturated heterocycles. The lowest BCUT2D eigenvalue weighted by molar-refractivity contribution is 0.340. The molecule has 0 saturated carbocycles. The topological polar surface area (TPSA) is 30.5 Å². The van der Waals surface area contributed by atoms with Crippen LogP contribution in [0.2, 0.25) is 0 Å². The summed E-state index contributed by atoms with van der Waals surface area (Å²) in [4.78, 5) is 0. The zero-order chi connectivity index (χ0) is 17.6. The molecule has 2 aromatic carbocycles. The van der Waals surface area contributed by atoms with Crippen LogP contribution >= 0.6 is 15.9 Å². The lowest BCUT2D eigenvalue weighted by Crippen LogP contribution is -2.30. The quantitative estimate of drug-likeness (QED) is 0.692. The molecule has 2 aromatic rings. The van der Waals surface area contributed by atoms with Gasteiger partial charge in [-0.15, -0.1) is 0 Å². The van der Waals surface area contributed by atoms with Crippen molar-refractivity contribution in [2.24, 2.45) is 5.92 Å². The van der Waals surface area contributed by atoms with Crippen molar-refractivity contribution in [1.82, 2.24) is 0 Å². The fourth-order valence-electron chi connectivity index (χ4n) is 4.09. The monoisotopic (exact) mass is 403 g/mol. The molecule has 0 radical (unpaired) electrons. The third-order valence-electron chi connectivity index (χ3n) is 5.15. The molecule has 4 rings (SSSR count). The molecular formula is C20H19BrFNO2. The van der Waals surface area contributed by atoms with Crippen molar-refractivity contribution in [1.29, 1.82) is 0 Å². The Labute approximate surface area is 155 Å². The Balaban J connectivity index is 1.85. The van der Waals surface area contributed by atoms with Crippen LogP contribution in [-0.2, 0) is 0 Å². The number of fused-ring (bicyclic) bond motifs is 3. The van der Waals surface area contributed by atoms with Crippen molar-refractivity contribution >= 4 is 21.6 Å². The van der Waals surface area contributed by atoms with Crippen LogP contribution in [0, 0.1) is 11.7 Å². The molecule has 130 valence electrons. The largest absolute Gasteiger partial charge is 0.493 e. The van der Waals surface area contributed by atoms with Gasteiger partial charge in [-0.05, 0) is 36.1 Å². The molecule has 3 atom stereocenters. The van der Waals surface area contributed by atoms with Crippen molar-refractivity contribution in [3.05, 3.63) is 63.9 Å². The van der Waals surface area contributed by atoms with Crippen LogP contribution < -0.4 is 14.8 Å². The average molecular weight is 404 g/mol. The number of methoxy groups -OCH3 is 2. The van der Waals surface area contributed by atoms with Crippen LogP contribution in [-0.4, -0.2) is 14.2 Å². The molecule has 1 aliphatic carbocycles. The molecule has 1 N–H and O–H groups in total. The molecule has 25 heavy (non-hydrogen) atoms. The van der Waals surface area contributed by atoms with E-state index in [4.69, 9.17) is 9.47 Å². The van der Waals surface area contributed by atoms with Crippen LogP contribution in [0.5, 0.6) is 11.5 Å². The van der Waals surface area contributed by atoms with E-state index >= 15 is 0 Å². The second kappa shape index (κ2) is 6.37. The number of ether oxygens (including phenoxy) is 2. The maximum absolute atomic E-state index is 14.6. The zero-order valence-corrected chi connectivity index (χ0v) is 15.6. The van der Waals surface area contributed by atoms with E-state index in [1.807, 2.05) is 24.3 Å². The van der Waals surface area contributed by atoms with E-state index in [1.165, 1.54) is 6.07 Å². The van der Waals surface area contributed by atoms with Gasteiger partial charge >= 0.3 is 0 Å². The second-order valence-corrected chi connectivity index (χ2v) is 7.33. The summed E-state index contributed by atoms with van der Waals surface area (Å²) in [6.07, 6.45) is 5.32. The first kappa shape index (κ1) is 16.5. The molecular weight excluding hydrogens is 385 g/mol. The van der Waals surface area contributed by atoms with E-state index in [0.29, 0.717) is 23.1 Å². The number of allylic oxidation sites excluding steroid dienone is 2. The Morgan fingerprint density at radius 1 is 1.16 bits per heavy atom. The highest BCUT2D eigenvalue weighted by Crippen LogP contribution is 2.53.